The molecule has 0 spiro atoms. The average Bonchev–Trinajstić information content (AvgIpc) is 3.14. The number of rotatable bonds is 6. The SMILES string of the molecule is CCN(Cc1cc(C(N)=S)ccc1F)CC1CC1. The molecule has 1 aliphatic carbocycles. The largest absolute Gasteiger partial charge is 0.389 e. The van der Waals surface area contributed by atoms with Crippen molar-refractivity contribution in [2.45, 2.75) is 26.3 Å². The molecule has 0 atom stereocenters. The lowest BCUT2D eigenvalue weighted by molar-refractivity contribution is 0.264. The zero-order chi connectivity index (χ0) is 13.1. The molecule has 2 N–H and O–H groups in total. The van der Waals surface area contributed by atoms with Gasteiger partial charge in [-0.05, 0) is 43.5 Å². The highest BCUT2D eigenvalue weighted by Crippen LogP contribution is 2.30. The van der Waals surface area contributed by atoms with Crippen molar-refractivity contribution < 1.29 is 4.39 Å². The molecule has 0 saturated heterocycles. The van der Waals surface area contributed by atoms with Crippen LogP contribution < -0.4 is 5.73 Å². The first-order valence-electron chi connectivity index (χ1n) is 6.40. The molecular weight excluding hydrogens is 247 g/mol. The van der Waals surface area contributed by atoms with Crippen LogP contribution in [0.4, 0.5) is 4.39 Å². The number of nitrogens with zero attached hydrogens (tertiary/aromatic N) is 1. The first-order chi connectivity index (χ1) is 8.60. The maximum absolute atomic E-state index is 13.8. The second-order valence-corrected chi connectivity index (χ2v) is 5.38. The maximum Gasteiger partial charge on any atom is 0.127 e. The van der Waals surface area contributed by atoms with Gasteiger partial charge in [0, 0.05) is 24.2 Å². The molecule has 1 aromatic rings. The number of hydrogen-bond acceptors (Lipinski definition) is 2. The second kappa shape index (κ2) is 5.76. The zero-order valence-corrected chi connectivity index (χ0v) is 11.5. The summed E-state index contributed by atoms with van der Waals surface area (Å²) >= 11 is 4.93. The minimum Gasteiger partial charge on any atom is -0.389 e. The zero-order valence-electron chi connectivity index (χ0n) is 10.7. The third-order valence-electron chi connectivity index (χ3n) is 3.38. The first kappa shape index (κ1) is 13.4. The number of halogens is 1. The molecule has 0 unspecified atom stereocenters. The summed E-state index contributed by atoms with van der Waals surface area (Å²) in [5.41, 5.74) is 7.00. The highest BCUT2D eigenvalue weighted by molar-refractivity contribution is 7.80. The van der Waals surface area contributed by atoms with Crippen molar-refractivity contribution in [1.29, 1.82) is 0 Å². The molecule has 0 heterocycles. The van der Waals surface area contributed by atoms with Crippen LogP contribution in [0.25, 0.3) is 0 Å². The number of benzene rings is 1. The van der Waals surface area contributed by atoms with E-state index in [9.17, 15) is 4.39 Å². The van der Waals surface area contributed by atoms with Crippen LogP contribution in [0, 0.1) is 11.7 Å². The van der Waals surface area contributed by atoms with Crippen LogP contribution in [0.15, 0.2) is 18.2 Å². The minimum absolute atomic E-state index is 0.177. The lowest BCUT2D eigenvalue weighted by Gasteiger charge is -2.20. The Labute approximate surface area is 113 Å². The predicted octanol–water partition coefficient (Wildman–Crippen LogP) is 2.69. The number of nitrogens with two attached hydrogens (primary N) is 1. The highest BCUT2D eigenvalue weighted by atomic mass is 32.1. The smallest absolute Gasteiger partial charge is 0.127 e. The van der Waals surface area contributed by atoms with Crippen molar-refractivity contribution in [1.82, 2.24) is 4.90 Å². The molecule has 0 bridgehead atoms. The van der Waals surface area contributed by atoms with E-state index in [1.165, 1.54) is 18.9 Å². The summed E-state index contributed by atoms with van der Waals surface area (Å²) in [5, 5.41) is 0. The molecule has 0 aliphatic heterocycles. The molecule has 18 heavy (non-hydrogen) atoms. The summed E-state index contributed by atoms with van der Waals surface area (Å²) < 4.78 is 13.8. The lowest BCUT2D eigenvalue weighted by Crippen LogP contribution is -2.26. The normalized spacial score (nSPS) is 15.1. The molecule has 2 nitrogen and oxygen atoms in total. The first-order valence-corrected chi connectivity index (χ1v) is 6.81. The van der Waals surface area contributed by atoms with Crippen LogP contribution in [-0.4, -0.2) is 23.0 Å². The summed E-state index contributed by atoms with van der Waals surface area (Å²) in [5.74, 6) is 0.635. The van der Waals surface area contributed by atoms with Gasteiger partial charge in [0.15, 0.2) is 0 Å². The van der Waals surface area contributed by atoms with Crippen molar-refractivity contribution in [2.75, 3.05) is 13.1 Å². The Bertz CT molecular complexity index is 443. The van der Waals surface area contributed by atoms with Crippen LogP contribution >= 0.6 is 12.2 Å². The van der Waals surface area contributed by atoms with Crippen LogP contribution in [0.2, 0.25) is 0 Å². The van der Waals surface area contributed by atoms with Crippen molar-refractivity contribution in [3.05, 3.63) is 35.1 Å². The number of thiocarbonyl (C=S) groups is 1. The van der Waals surface area contributed by atoms with Gasteiger partial charge in [0.25, 0.3) is 0 Å². The van der Waals surface area contributed by atoms with E-state index < -0.39 is 0 Å². The van der Waals surface area contributed by atoms with Crippen molar-refractivity contribution in [3.8, 4) is 0 Å². The van der Waals surface area contributed by atoms with E-state index >= 15 is 0 Å². The second-order valence-electron chi connectivity index (χ2n) is 4.94. The fourth-order valence-corrected chi connectivity index (χ4v) is 2.19. The van der Waals surface area contributed by atoms with Crippen LogP contribution in [0.3, 0.4) is 0 Å². The Morgan fingerprint density at radius 3 is 2.78 bits per heavy atom. The molecule has 0 radical (unpaired) electrons. The Morgan fingerprint density at radius 2 is 2.22 bits per heavy atom. The van der Waals surface area contributed by atoms with Gasteiger partial charge in [-0.2, -0.15) is 0 Å². The molecule has 1 aromatic carbocycles. The average molecular weight is 266 g/mol. The van der Waals surface area contributed by atoms with Crippen molar-refractivity contribution >= 4 is 17.2 Å². The summed E-state index contributed by atoms with van der Waals surface area (Å²) in [6.45, 7) is 4.74. The maximum atomic E-state index is 13.8. The van der Waals surface area contributed by atoms with Gasteiger partial charge in [-0.25, -0.2) is 4.39 Å². The van der Waals surface area contributed by atoms with Crippen molar-refractivity contribution in [3.63, 3.8) is 0 Å². The molecule has 0 amide bonds. The van der Waals surface area contributed by atoms with Gasteiger partial charge in [-0.1, -0.05) is 19.1 Å². The molecule has 2 rings (SSSR count). The molecule has 1 fully saturated rings. The summed E-state index contributed by atoms with van der Waals surface area (Å²) in [4.78, 5) is 2.60. The van der Waals surface area contributed by atoms with E-state index in [0.717, 1.165) is 24.6 Å². The molecule has 4 heteroatoms. The van der Waals surface area contributed by atoms with Crippen LogP contribution in [-0.2, 0) is 6.54 Å². The monoisotopic (exact) mass is 266 g/mol. The van der Waals surface area contributed by atoms with Crippen LogP contribution in [0.1, 0.15) is 30.9 Å². The van der Waals surface area contributed by atoms with Gasteiger partial charge in [0.2, 0.25) is 0 Å². The van der Waals surface area contributed by atoms with E-state index in [1.54, 1.807) is 12.1 Å². The lowest BCUT2D eigenvalue weighted by atomic mass is 10.1. The fraction of sp³-hybridized carbons (Fsp3) is 0.500. The Hall–Kier alpha value is -1.00. The molecule has 1 saturated carbocycles. The van der Waals surface area contributed by atoms with Gasteiger partial charge >= 0.3 is 0 Å². The molecule has 1 aliphatic rings. The Kier molecular flexibility index (Phi) is 4.30. The van der Waals surface area contributed by atoms with E-state index in [2.05, 4.69) is 11.8 Å². The van der Waals surface area contributed by atoms with E-state index in [-0.39, 0.29) is 5.82 Å². The quantitative estimate of drug-likeness (QED) is 0.803. The summed E-state index contributed by atoms with van der Waals surface area (Å²) in [6, 6.07) is 4.86. The van der Waals surface area contributed by atoms with E-state index in [4.69, 9.17) is 18.0 Å². The van der Waals surface area contributed by atoms with E-state index in [0.29, 0.717) is 17.1 Å². The summed E-state index contributed by atoms with van der Waals surface area (Å²) in [7, 11) is 0. The fourth-order valence-electron chi connectivity index (χ4n) is 2.06. The van der Waals surface area contributed by atoms with Gasteiger partial charge < -0.3 is 5.73 Å². The molecule has 0 aromatic heterocycles. The van der Waals surface area contributed by atoms with Crippen LogP contribution in [0.5, 0.6) is 0 Å². The van der Waals surface area contributed by atoms with Gasteiger partial charge in [0.05, 0.1) is 0 Å². The Morgan fingerprint density at radius 1 is 1.50 bits per heavy atom. The summed E-state index contributed by atoms with van der Waals surface area (Å²) in [6.07, 6.45) is 2.62. The Balaban J connectivity index is 2.10. The third kappa shape index (κ3) is 3.50. The third-order valence-corrected chi connectivity index (χ3v) is 3.62. The predicted molar refractivity (Wildman–Crippen MR) is 76.0 cm³/mol. The van der Waals surface area contributed by atoms with Crippen molar-refractivity contribution in [2.24, 2.45) is 11.7 Å². The standard InChI is InChI=1S/C14H19FN2S/c1-2-17(8-10-3-4-10)9-12-7-11(14(16)18)5-6-13(12)15/h5-7,10H,2-4,8-9H2,1H3,(H2,16,18). The van der Waals surface area contributed by atoms with Gasteiger partial charge in [-0.15, -0.1) is 0 Å². The number of hydrogen-bond donors (Lipinski definition) is 1. The van der Waals surface area contributed by atoms with E-state index in [1.807, 2.05) is 0 Å². The minimum atomic E-state index is -0.177. The van der Waals surface area contributed by atoms with Gasteiger partial charge in [0.1, 0.15) is 10.8 Å². The van der Waals surface area contributed by atoms with Gasteiger partial charge in [-0.3, -0.25) is 4.90 Å². The molecular formula is C14H19FN2S. The topological polar surface area (TPSA) is 29.3 Å². The highest BCUT2D eigenvalue weighted by Gasteiger charge is 2.24. The molecule has 98 valence electrons.